The molecule has 0 unspecified atom stereocenters. The van der Waals surface area contributed by atoms with Gasteiger partial charge in [-0.25, -0.2) is 4.98 Å². The van der Waals surface area contributed by atoms with E-state index in [0.29, 0.717) is 17.4 Å². The summed E-state index contributed by atoms with van der Waals surface area (Å²) >= 11 is 3.48. The molecule has 120 valence electrons. The largest absolute Gasteiger partial charge is 0.364 e. The number of halogens is 1. The number of benzene rings is 1. The molecule has 6 nitrogen and oxygen atoms in total. The molecular weight excluding hydrogens is 370 g/mol. The summed E-state index contributed by atoms with van der Waals surface area (Å²) in [4.78, 5) is 19.6. The third-order valence-corrected chi connectivity index (χ3v) is 4.38. The lowest BCUT2D eigenvalue weighted by atomic mass is 10.1. The molecule has 0 radical (unpaired) electrons. The van der Waals surface area contributed by atoms with Gasteiger partial charge in [-0.1, -0.05) is 15.9 Å². The molecule has 0 amide bonds. The third-order valence-electron chi connectivity index (χ3n) is 3.88. The fourth-order valence-electron chi connectivity index (χ4n) is 2.80. The number of rotatable bonds is 3. The van der Waals surface area contributed by atoms with Crippen LogP contribution in [0.4, 0.5) is 5.82 Å². The molecule has 0 aliphatic carbocycles. The summed E-state index contributed by atoms with van der Waals surface area (Å²) in [5.74, 6) is 0.737. The van der Waals surface area contributed by atoms with Gasteiger partial charge in [0.25, 0.3) is 5.56 Å². The maximum atomic E-state index is 12.3. The van der Waals surface area contributed by atoms with Crippen LogP contribution < -0.4 is 10.9 Å². The number of aryl methyl sites for hydroxylation is 1. The van der Waals surface area contributed by atoms with Gasteiger partial charge in [-0.2, -0.15) is 5.10 Å². The van der Waals surface area contributed by atoms with Gasteiger partial charge in [-0.05, 0) is 30.3 Å². The number of nitrogens with one attached hydrogen (secondary N) is 2. The quantitative estimate of drug-likeness (QED) is 0.532. The number of nitrogens with zero attached hydrogens (tertiary/aromatic N) is 3. The minimum atomic E-state index is -0.139. The Balaban J connectivity index is 1.89. The van der Waals surface area contributed by atoms with Crippen LogP contribution in [0.5, 0.6) is 0 Å². The van der Waals surface area contributed by atoms with Crippen LogP contribution in [0.2, 0.25) is 0 Å². The number of hydrogen-bond donors (Lipinski definition) is 2. The average molecular weight is 384 g/mol. The number of aromatic nitrogens is 4. The first-order chi connectivity index (χ1) is 11.6. The van der Waals surface area contributed by atoms with Gasteiger partial charge in [0.15, 0.2) is 0 Å². The summed E-state index contributed by atoms with van der Waals surface area (Å²) in [7, 11) is 1.89. The van der Waals surface area contributed by atoms with Crippen LogP contribution in [-0.4, -0.2) is 19.7 Å². The monoisotopic (exact) mass is 383 g/mol. The SMILES string of the molecule is Cn1ccc(CNc2nc3cc[nH]c(=O)c3c3cc(Br)ccc23)n1. The zero-order chi connectivity index (χ0) is 16.7. The molecule has 0 bridgehead atoms. The fourth-order valence-corrected chi connectivity index (χ4v) is 3.16. The molecular formula is C17H14BrN5O. The summed E-state index contributed by atoms with van der Waals surface area (Å²) in [6, 6.07) is 9.61. The maximum absolute atomic E-state index is 12.3. The van der Waals surface area contributed by atoms with Gasteiger partial charge in [0.05, 0.1) is 23.1 Å². The molecule has 4 aromatic rings. The number of H-pyrrole nitrogens is 1. The van der Waals surface area contributed by atoms with E-state index >= 15 is 0 Å². The summed E-state index contributed by atoms with van der Waals surface area (Å²) in [6.45, 7) is 0.563. The number of aromatic amines is 1. The summed E-state index contributed by atoms with van der Waals surface area (Å²) in [6.07, 6.45) is 3.52. The van der Waals surface area contributed by atoms with E-state index in [1.807, 2.05) is 43.6 Å². The van der Waals surface area contributed by atoms with Crippen molar-refractivity contribution in [2.75, 3.05) is 5.32 Å². The van der Waals surface area contributed by atoms with Crippen LogP contribution in [0.3, 0.4) is 0 Å². The average Bonchev–Trinajstić information content (AvgIpc) is 2.98. The molecule has 24 heavy (non-hydrogen) atoms. The highest BCUT2D eigenvalue weighted by Crippen LogP contribution is 2.29. The van der Waals surface area contributed by atoms with E-state index in [9.17, 15) is 4.79 Å². The lowest BCUT2D eigenvalue weighted by Crippen LogP contribution is -2.09. The first-order valence-electron chi connectivity index (χ1n) is 7.45. The number of pyridine rings is 2. The lowest BCUT2D eigenvalue weighted by Gasteiger charge is -2.11. The van der Waals surface area contributed by atoms with Crippen LogP contribution in [0.1, 0.15) is 5.69 Å². The molecule has 3 heterocycles. The highest BCUT2D eigenvalue weighted by Gasteiger charge is 2.11. The van der Waals surface area contributed by atoms with Gasteiger partial charge >= 0.3 is 0 Å². The standard InChI is InChI=1S/C17H14BrN5O/c1-23-7-5-11(22-23)9-20-16-12-3-2-10(18)8-13(12)15-14(21-16)4-6-19-17(15)24/h2-8H,9H2,1H3,(H,19,24)(H,20,21). The van der Waals surface area contributed by atoms with Gasteiger partial charge in [-0.3, -0.25) is 9.48 Å². The molecule has 0 aliphatic rings. The van der Waals surface area contributed by atoms with Crippen LogP contribution in [0.25, 0.3) is 21.7 Å². The zero-order valence-corrected chi connectivity index (χ0v) is 14.5. The van der Waals surface area contributed by atoms with Gasteiger partial charge in [0.1, 0.15) is 5.82 Å². The van der Waals surface area contributed by atoms with Gasteiger partial charge in [0, 0.05) is 34.7 Å². The van der Waals surface area contributed by atoms with Gasteiger partial charge < -0.3 is 10.3 Å². The molecule has 0 saturated heterocycles. The molecule has 3 aromatic heterocycles. The molecule has 2 N–H and O–H groups in total. The van der Waals surface area contributed by atoms with Crippen molar-refractivity contribution in [3.8, 4) is 0 Å². The Hall–Kier alpha value is -2.67. The van der Waals surface area contributed by atoms with E-state index in [1.54, 1.807) is 10.9 Å². The van der Waals surface area contributed by atoms with Crippen molar-refractivity contribution in [3.05, 3.63) is 63.2 Å². The van der Waals surface area contributed by atoms with Crippen LogP contribution in [0, 0.1) is 0 Å². The van der Waals surface area contributed by atoms with Crippen molar-refractivity contribution in [1.29, 1.82) is 0 Å². The highest BCUT2D eigenvalue weighted by molar-refractivity contribution is 9.10. The zero-order valence-electron chi connectivity index (χ0n) is 12.9. The summed E-state index contributed by atoms with van der Waals surface area (Å²) in [5.41, 5.74) is 1.45. The highest BCUT2D eigenvalue weighted by atomic mass is 79.9. The van der Waals surface area contributed by atoms with E-state index < -0.39 is 0 Å². The molecule has 4 rings (SSSR count). The molecule has 1 aromatic carbocycles. The summed E-state index contributed by atoms with van der Waals surface area (Å²) < 4.78 is 2.68. The topological polar surface area (TPSA) is 75.6 Å². The molecule has 0 fully saturated rings. The minimum absolute atomic E-state index is 0.139. The fraction of sp³-hybridized carbons (Fsp3) is 0.118. The molecule has 0 spiro atoms. The number of anilines is 1. The van der Waals surface area contributed by atoms with Crippen LogP contribution >= 0.6 is 15.9 Å². The van der Waals surface area contributed by atoms with Crippen LogP contribution in [0.15, 0.2) is 52.0 Å². The Morgan fingerprint density at radius 3 is 2.92 bits per heavy atom. The smallest absolute Gasteiger partial charge is 0.258 e. The second-order valence-electron chi connectivity index (χ2n) is 5.55. The first kappa shape index (κ1) is 14.9. The Labute approximate surface area is 145 Å². The number of fused-ring (bicyclic) bond motifs is 3. The van der Waals surface area contributed by atoms with E-state index in [0.717, 1.165) is 26.8 Å². The van der Waals surface area contributed by atoms with Crippen molar-refractivity contribution in [1.82, 2.24) is 19.7 Å². The molecule has 0 atom stereocenters. The van der Waals surface area contributed by atoms with Crippen molar-refractivity contribution < 1.29 is 0 Å². The molecule has 7 heteroatoms. The van der Waals surface area contributed by atoms with Crippen molar-refractivity contribution in [2.45, 2.75) is 6.54 Å². The predicted octanol–water partition coefficient (Wildman–Crippen LogP) is 3.18. The Bertz CT molecular complexity index is 1120. The first-order valence-corrected chi connectivity index (χ1v) is 8.24. The van der Waals surface area contributed by atoms with Crippen molar-refractivity contribution >= 4 is 43.4 Å². The Kier molecular flexibility index (Phi) is 3.57. The van der Waals surface area contributed by atoms with Crippen LogP contribution in [-0.2, 0) is 13.6 Å². The summed E-state index contributed by atoms with van der Waals surface area (Å²) in [5, 5.41) is 10.1. The Morgan fingerprint density at radius 1 is 1.25 bits per heavy atom. The second-order valence-corrected chi connectivity index (χ2v) is 6.47. The van der Waals surface area contributed by atoms with E-state index in [-0.39, 0.29) is 5.56 Å². The molecule has 0 aliphatic heterocycles. The van der Waals surface area contributed by atoms with Gasteiger partial charge in [0.2, 0.25) is 0 Å². The minimum Gasteiger partial charge on any atom is -0.364 e. The Morgan fingerprint density at radius 2 is 2.12 bits per heavy atom. The van der Waals surface area contributed by atoms with E-state index in [1.165, 1.54) is 0 Å². The van der Waals surface area contributed by atoms with Crippen molar-refractivity contribution in [3.63, 3.8) is 0 Å². The van der Waals surface area contributed by atoms with Gasteiger partial charge in [-0.15, -0.1) is 0 Å². The maximum Gasteiger partial charge on any atom is 0.258 e. The lowest BCUT2D eigenvalue weighted by molar-refractivity contribution is 0.747. The third kappa shape index (κ3) is 2.56. The molecule has 0 saturated carbocycles. The van der Waals surface area contributed by atoms with E-state index in [4.69, 9.17) is 0 Å². The second kappa shape index (κ2) is 5.76. The van der Waals surface area contributed by atoms with E-state index in [2.05, 4.69) is 36.3 Å². The van der Waals surface area contributed by atoms with Crippen molar-refractivity contribution in [2.24, 2.45) is 7.05 Å². The number of hydrogen-bond acceptors (Lipinski definition) is 4. The normalized spacial score (nSPS) is 11.2. The predicted molar refractivity (Wildman–Crippen MR) is 98.1 cm³/mol.